The van der Waals surface area contributed by atoms with Gasteiger partial charge in [0, 0.05) is 15.5 Å². The summed E-state index contributed by atoms with van der Waals surface area (Å²) in [5, 5.41) is 0. The minimum absolute atomic E-state index is 0.209. The molecule has 19 heavy (non-hydrogen) atoms. The molecule has 100 valence electrons. The highest BCUT2D eigenvalue weighted by Crippen LogP contribution is 2.32. The van der Waals surface area contributed by atoms with Crippen LogP contribution < -0.4 is 5.73 Å². The molecule has 0 atom stereocenters. The molecule has 0 saturated carbocycles. The number of aryl methyl sites for hydroxylation is 1. The first-order chi connectivity index (χ1) is 8.86. The Labute approximate surface area is 120 Å². The molecule has 0 bridgehead atoms. The van der Waals surface area contributed by atoms with E-state index in [1.54, 1.807) is 11.8 Å². The van der Waals surface area contributed by atoms with Crippen molar-refractivity contribution in [2.75, 3.05) is 5.73 Å². The molecule has 0 fully saturated rings. The average Bonchev–Trinajstić information content (AvgIpc) is 2.32. The van der Waals surface area contributed by atoms with E-state index in [1.165, 1.54) is 20.9 Å². The van der Waals surface area contributed by atoms with Gasteiger partial charge in [0.25, 0.3) is 0 Å². The number of benzene rings is 2. The van der Waals surface area contributed by atoms with Crippen molar-refractivity contribution in [3.05, 3.63) is 53.6 Å². The van der Waals surface area contributed by atoms with E-state index in [0.717, 1.165) is 5.69 Å². The van der Waals surface area contributed by atoms with Gasteiger partial charge in [-0.1, -0.05) is 44.7 Å². The molecule has 2 heteroatoms. The van der Waals surface area contributed by atoms with Gasteiger partial charge in [-0.15, -0.1) is 0 Å². The van der Waals surface area contributed by atoms with E-state index in [-0.39, 0.29) is 5.41 Å². The normalized spacial score (nSPS) is 11.6. The summed E-state index contributed by atoms with van der Waals surface area (Å²) in [7, 11) is 0. The van der Waals surface area contributed by atoms with Crippen molar-refractivity contribution in [3.63, 3.8) is 0 Å². The van der Waals surface area contributed by atoms with Gasteiger partial charge in [-0.25, -0.2) is 0 Å². The van der Waals surface area contributed by atoms with Crippen LogP contribution in [-0.4, -0.2) is 0 Å². The second kappa shape index (κ2) is 5.30. The summed E-state index contributed by atoms with van der Waals surface area (Å²) in [6.07, 6.45) is 0. The summed E-state index contributed by atoms with van der Waals surface area (Å²) >= 11 is 1.79. The number of hydrogen-bond donors (Lipinski definition) is 1. The maximum atomic E-state index is 5.78. The Morgan fingerprint density at radius 3 is 2.11 bits per heavy atom. The van der Waals surface area contributed by atoms with E-state index in [2.05, 4.69) is 58.0 Å². The molecule has 0 aliphatic heterocycles. The molecule has 1 nitrogen and oxygen atoms in total. The van der Waals surface area contributed by atoms with E-state index in [0.29, 0.717) is 0 Å². The fourth-order valence-electron chi connectivity index (χ4n) is 1.94. The Balaban J connectivity index is 2.20. The third kappa shape index (κ3) is 3.54. The van der Waals surface area contributed by atoms with Crippen molar-refractivity contribution in [3.8, 4) is 0 Å². The van der Waals surface area contributed by atoms with E-state index in [4.69, 9.17) is 5.73 Å². The number of nitrogens with two attached hydrogens (primary N) is 1. The SMILES string of the molecule is Cc1cc(N)ccc1Sc1ccc(C(C)(C)C)cc1. The second-order valence-electron chi connectivity index (χ2n) is 5.90. The van der Waals surface area contributed by atoms with E-state index in [1.807, 2.05) is 12.1 Å². The molecule has 0 spiro atoms. The lowest BCUT2D eigenvalue weighted by Gasteiger charge is -2.19. The van der Waals surface area contributed by atoms with Crippen LogP contribution >= 0.6 is 11.8 Å². The number of rotatable bonds is 2. The van der Waals surface area contributed by atoms with Gasteiger partial charge in [0.05, 0.1) is 0 Å². The molecule has 2 aromatic rings. The van der Waals surface area contributed by atoms with Crippen LogP contribution in [0, 0.1) is 6.92 Å². The fraction of sp³-hybridized carbons (Fsp3) is 0.294. The molecule has 0 aliphatic rings. The zero-order valence-corrected chi connectivity index (χ0v) is 12.8. The smallest absolute Gasteiger partial charge is 0.0317 e. The fourth-order valence-corrected chi connectivity index (χ4v) is 2.82. The predicted molar refractivity (Wildman–Crippen MR) is 84.9 cm³/mol. The molecule has 0 amide bonds. The van der Waals surface area contributed by atoms with E-state index in [9.17, 15) is 0 Å². The highest BCUT2D eigenvalue weighted by atomic mass is 32.2. The van der Waals surface area contributed by atoms with Gasteiger partial charge in [-0.05, 0) is 53.8 Å². The molecular formula is C17H21NS. The maximum absolute atomic E-state index is 5.78. The summed E-state index contributed by atoms with van der Waals surface area (Å²) < 4.78 is 0. The van der Waals surface area contributed by atoms with Crippen LogP contribution in [0.5, 0.6) is 0 Å². The summed E-state index contributed by atoms with van der Waals surface area (Å²) in [4.78, 5) is 2.53. The number of anilines is 1. The Bertz CT molecular complexity index is 565. The summed E-state index contributed by atoms with van der Waals surface area (Å²) in [5.74, 6) is 0. The van der Waals surface area contributed by atoms with Crippen molar-refractivity contribution in [2.24, 2.45) is 0 Å². The van der Waals surface area contributed by atoms with Gasteiger partial charge in [-0.3, -0.25) is 0 Å². The minimum atomic E-state index is 0.209. The van der Waals surface area contributed by atoms with Crippen molar-refractivity contribution in [2.45, 2.75) is 42.9 Å². The van der Waals surface area contributed by atoms with Crippen LogP contribution in [-0.2, 0) is 5.41 Å². The quantitative estimate of drug-likeness (QED) is 0.776. The molecular weight excluding hydrogens is 250 g/mol. The Morgan fingerprint density at radius 2 is 1.58 bits per heavy atom. The molecule has 2 aromatic carbocycles. The first-order valence-electron chi connectivity index (χ1n) is 6.51. The van der Waals surface area contributed by atoms with Gasteiger partial charge in [-0.2, -0.15) is 0 Å². The molecule has 0 unspecified atom stereocenters. The zero-order valence-electron chi connectivity index (χ0n) is 12.0. The largest absolute Gasteiger partial charge is 0.399 e. The summed E-state index contributed by atoms with van der Waals surface area (Å²) in [6, 6.07) is 14.9. The van der Waals surface area contributed by atoms with Crippen LogP contribution in [0.2, 0.25) is 0 Å². The van der Waals surface area contributed by atoms with Gasteiger partial charge in [0.2, 0.25) is 0 Å². The van der Waals surface area contributed by atoms with Crippen LogP contribution in [0.15, 0.2) is 52.3 Å². The minimum Gasteiger partial charge on any atom is -0.399 e. The zero-order chi connectivity index (χ0) is 14.0. The molecule has 0 heterocycles. The molecule has 0 saturated heterocycles. The van der Waals surface area contributed by atoms with Gasteiger partial charge in [0.15, 0.2) is 0 Å². The predicted octanol–water partition coefficient (Wildman–Crippen LogP) is 5.03. The average molecular weight is 271 g/mol. The molecule has 2 rings (SSSR count). The van der Waals surface area contributed by atoms with Crippen LogP contribution in [0.4, 0.5) is 5.69 Å². The topological polar surface area (TPSA) is 26.0 Å². The standard InChI is InChI=1S/C17H21NS/c1-12-11-14(18)7-10-16(12)19-15-8-5-13(6-9-15)17(2,3)4/h5-11H,18H2,1-4H3. The molecule has 0 aliphatic carbocycles. The van der Waals surface area contributed by atoms with Gasteiger partial charge < -0.3 is 5.73 Å². The monoisotopic (exact) mass is 271 g/mol. The van der Waals surface area contributed by atoms with E-state index >= 15 is 0 Å². The van der Waals surface area contributed by atoms with Crippen molar-refractivity contribution in [1.29, 1.82) is 0 Å². The van der Waals surface area contributed by atoms with Crippen LogP contribution in [0.1, 0.15) is 31.9 Å². The van der Waals surface area contributed by atoms with Crippen LogP contribution in [0.3, 0.4) is 0 Å². The van der Waals surface area contributed by atoms with Crippen molar-refractivity contribution < 1.29 is 0 Å². The first-order valence-corrected chi connectivity index (χ1v) is 7.32. The molecule has 0 aromatic heterocycles. The Morgan fingerprint density at radius 1 is 0.947 bits per heavy atom. The lowest BCUT2D eigenvalue weighted by atomic mass is 9.87. The highest BCUT2D eigenvalue weighted by Gasteiger charge is 2.13. The number of nitrogen functional groups attached to an aromatic ring is 1. The lowest BCUT2D eigenvalue weighted by molar-refractivity contribution is 0.590. The number of hydrogen-bond acceptors (Lipinski definition) is 2. The van der Waals surface area contributed by atoms with Gasteiger partial charge in [0.1, 0.15) is 0 Å². The summed E-state index contributed by atoms with van der Waals surface area (Å²) in [6.45, 7) is 8.81. The van der Waals surface area contributed by atoms with E-state index < -0.39 is 0 Å². The third-order valence-electron chi connectivity index (χ3n) is 3.15. The summed E-state index contributed by atoms with van der Waals surface area (Å²) in [5.41, 5.74) is 9.41. The second-order valence-corrected chi connectivity index (χ2v) is 7.02. The highest BCUT2D eigenvalue weighted by molar-refractivity contribution is 7.99. The van der Waals surface area contributed by atoms with Crippen molar-refractivity contribution >= 4 is 17.4 Å². The molecule has 2 N–H and O–H groups in total. The first kappa shape index (κ1) is 14.0. The van der Waals surface area contributed by atoms with Crippen LogP contribution in [0.25, 0.3) is 0 Å². The van der Waals surface area contributed by atoms with Crippen molar-refractivity contribution in [1.82, 2.24) is 0 Å². The lowest BCUT2D eigenvalue weighted by Crippen LogP contribution is -2.10. The Kier molecular flexibility index (Phi) is 3.91. The van der Waals surface area contributed by atoms with Gasteiger partial charge >= 0.3 is 0 Å². The third-order valence-corrected chi connectivity index (χ3v) is 4.33. The Hall–Kier alpha value is -1.41. The maximum Gasteiger partial charge on any atom is 0.0317 e. The molecule has 0 radical (unpaired) electrons.